The molecule has 15 heavy (non-hydrogen) atoms. The van der Waals surface area contributed by atoms with E-state index in [4.69, 9.17) is 11.6 Å². The van der Waals surface area contributed by atoms with E-state index < -0.39 is 9.84 Å². The van der Waals surface area contributed by atoms with Gasteiger partial charge in [-0.2, -0.15) is 0 Å². The molecule has 2 unspecified atom stereocenters. The predicted octanol–water partition coefficient (Wildman–Crippen LogP) is 3.27. The van der Waals surface area contributed by atoms with Crippen LogP contribution in [0.4, 0.5) is 0 Å². The first kappa shape index (κ1) is 11.9. The molecule has 0 aliphatic carbocycles. The van der Waals surface area contributed by atoms with Crippen molar-refractivity contribution in [3.63, 3.8) is 0 Å². The molecule has 0 aromatic carbocycles. The molecule has 2 nitrogen and oxygen atoms in total. The van der Waals surface area contributed by atoms with Gasteiger partial charge in [-0.15, -0.1) is 11.3 Å². The van der Waals surface area contributed by atoms with Gasteiger partial charge in [-0.1, -0.05) is 27.5 Å². The maximum Gasteiger partial charge on any atom is 0.150 e. The largest absolute Gasteiger partial charge is 0.229 e. The van der Waals surface area contributed by atoms with Gasteiger partial charge in [-0.05, 0) is 23.8 Å². The zero-order valence-electron chi connectivity index (χ0n) is 7.82. The van der Waals surface area contributed by atoms with Crippen LogP contribution in [0.5, 0.6) is 0 Å². The second-order valence-electron chi connectivity index (χ2n) is 3.70. The topological polar surface area (TPSA) is 34.1 Å². The second kappa shape index (κ2) is 4.35. The molecule has 2 atom stereocenters. The van der Waals surface area contributed by atoms with Gasteiger partial charge in [0, 0.05) is 4.88 Å². The summed E-state index contributed by atoms with van der Waals surface area (Å²) in [5.41, 5.74) is 0. The van der Waals surface area contributed by atoms with E-state index >= 15 is 0 Å². The number of sulfone groups is 1. The molecule has 2 rings (SSSR count). The molecule has 2 heterocycles. The van der Waals surface area contributed by atoms with Crippen LogP contribution in [0, 0.1) is 5.92 Å². The number of halogens is 2. The van der Waals surface area contributed by atoms with Crippen LogP contribution in [-0.2, 0) is 9.84 Å². The molecule has 1 saturated heterocycles. The van der Waals surface area contributed by atoms with Gasteiger partial charge in [0.25, 0.3) is 0 Å². The Morgan fingerprint density at radius 3 is 2.80 bits per heavy atom. The summed E-state index contributed by atoms with van der Waals surface area (Å²) in [5, 5.41) is 2.65. The summed E-state index contributed by atoms with van der Waals surface area (Å²) < 4.78 is 22.7. The quantitative estimate of drug-likeness (QED) is 0.780. The Kier molecular flexibility index (Phi) is 3.45. The third kappa shape index (κ3) is 2.57. The van der Waals surface area contributed by atoms with Crippen LogP contribution in [-0.4, -0.2) is 19.9 Å². The predicted molar refractivity (Wildman–Crippen MR) is 67.8 cm³/mol. The number of hydrogen-bond donors (Lipinski definition) is 0. The third-order valence-corrected chi connectivity index (χ3v) is 7.32. The number of thiophene rings is 1. The molecule has 0 saturated carbocycles. The van der Waals surface area contributed by atoms with Crippen LogP contribution in [0.2, 0.25) is 5.02 Å². The Bertz CT molecular complexity index is 454. The summed E-state index contributed by atoms with van der Waals surface area (Å²) in [7, 11) is -2.81. The van der Waals surface area contributed by atoms with Crippen molar-refractivity contribution in [1.82, 2.24) is 0 Å². The first-order valence-corrected chi connectivity index (χ1v) is 8.56. The van der Waals surface area contributed by atoms with Crippen molar-refractivity contribution in [2.75, 3.05) is 11.5 Å². The summed E-state index contributed by atoms with van der Waals surface area (Å²) in [5.74, 6) is 0.742. The molecular formula is C9H10BrClO2S2. The highest BCUT2D eigenvalue weighted by atomic mass is 79.9. The Balaban J connectivity index is 2.17. The van der Waals surface area contributed by atoms with E-state index in [1.807, 2.05) is 11.4 Å². The molecular weight excluding hydrogens is 320 g/mol. The molecule has 1 aliphatic rings. The number of rotatable bonds is 2. The molecule has 1 aromatic rings. The monoisotopic (exact) mass is 328 g/mol. The fraction of sp³-hybridized carbons (Fsp3) is 0.556. The van der Waals surface area contributed by atoms with Crippen LogP contribution >= 0.6 is 38.9 Å². The molecule has 0 bridgehead atoms. The highest BCUT2D eigenvalue weighted by Gasteiger charge is 2.34. The van der Waals surface area contributed by atoms with Gasteiger partial charge in [0.05, 0.1) is 21.4 Å². The van der Waals surface area contributed by atoms with E-state index in [0.717, 1.165) is 16.3 Å². The lowest BCUT2D eigenvalue weighted by Gasteiger charge is -2.14. The maximum atomic E-state index is 11.3. The minimum atomic E-state index is -2.81. The normalized spacial score (nSPS) is 26.7. The molecule has 84 valence electrons. The zero-order chi connectivity index (χ0) is 11.1. The first-order chi connectivity index (χ1) is 6.99. The minimum Gasteiger partial charge on any atom is -0.229 e. The van der Waals surface area contributed by atoms with Crippen molar-refractivity contribution >= 4 is 48.7 Å². The van der Waals surface area contributed by atoms with Gasteiger partial charge in [-0.25, -0.2) is 8.42 Å². The summed E-state index contributed by atoms with van der Waals surface area (Å²) in [6.45, 7) is 0. The molecule has 0 N–H and O–H groups in total. The first-order valence-electron chi connectivity index (χ1n) is 4.57. The average molecular weight is 330 g/mol. The van der Waals surface area contributed by atoms with Crippen LogP contribution in [0.25, 0.3) is 0 Å². The van der Waals surface area contributed by atoms with Crippen molar-refractivity contribution in [3.8, 4) is 0 Å². The lowest BCUT2D eigenvalue weighted by atomic mass is 10.0. The second-order valence-corrected chi connectivity index (χ2v) is 8.27. The van der Waals surface area contributed by atoms with Gasteiger partial charge in [0.15, 0.2) is 9.84 Å². The third-order valence-electron chi connectivity index (χ3n) is 2.58. The molecule has 1 aromatic heterocycles. The highest BCUT2D eigenvalue weighted by Crippen LogP contribution is 2.42. The summed E-state index contributed by atoms with van der Waals surface area (Å²) >= 11 is 11.1. The number of hydrogen-bond acceptors (Lipinski definition) is 3. The average Bonchev–Trinajstić information content (AvgIpc) is 2.71. The molecule has 1 fully saturated rings. The smallest absolute Gasteiger partial charge is 0.150 e. The van der Waals surface area contributed by atoms with Gasteiger partial charge in [0.2, 0.25) is 0 Å². The van der Waals surface area contributed by atoms with Crippen LogP contribution in [0.3, 0.4) is 0 Å². The molecule has 6 heteroatoms. The standard InChI is InChI=1S/C9H10BrClO2S2/c10-8(9-7(11)1-3-14-9)6-2-4-15(12,13)5-6/h1,3,6,8H,2,4-5H2. The van der Waals surface area contributed by atoms with Gasteiger partial charge in [0.1, 0.15) is 0 Å². The van der Waals surface area contributed by atoms with Crippen LogP contribution < -0.4 is 0 Å². The van der Waals surface area contributed by atoms with E-state index in [9.17, 15) is 8.42 Å². The molecule has 0 radical (unpaired) electrons. The maximum absolute atomic E-state index is 11.3. The summed E-state index contributed by atoms with van der Waals surface area (Å²) in [6.07, 6.45) is 0.729. The minimum absolute atomic E-state index is 0.0716. The van der Waals surface area contributed by atoms with Crippen LogP contribution in [0.15, 0.2) is 11.4 Å². The zero-order valence-corrected chi connectivity index (χ0v) is 11.8. The van der Waals surface area contributed by atoms with E-state index in [0.29, 0.717) is 5.75 Å². The lowest BCUT2D eigenvalue weighted by Crippen LogP contribution is -2.09. The highest BCUT2D eigenvalue weighted by molar-refractivity contribution is 9.09. The van der Waals surface area contributed by atoms with Gasteiger partial charge < -0.3 is 0 Å². The van der Waals surface area contributed by atoms with Crippen LogP contribution in [0.1, 0.15) is 16.1 Å². The van der Waals surface area contributed by atoms with Crippen molar-refractivity contribution in [3.05, 3.63) is 21.3 Å². The molecule has 0 spiro atoms. The SMILES string of the molecule is O=S1(=O)CCC(C(Br)c2sccc2Cl)C1. The Labute approximate surface area is 107 Å². The summed E-state index contributed by atoms with van der Waals surface area (Å²) in [6, 6.07) is 1.85. The Morgan fingerprint density at radius 1 is 1.60 bits per heavy atom. The summed E-state index contributed by atoms with van der Waals surface area (Å²) in [4.78, 5) is 1.11. The van der Waals surface area contributed by atoms with E-state index in [1.54, 1.807) is 11.3 Å². The Morgan fingerprint density at radius 2 is 2.33 bits per heavy atom. The van der Waals surface area contributed by atoms with E-state index in [2.05, 4.69) is 15.9 Å². The number of alkyl halides is 1. The van der Waals surface area contributed by atoms with E-state index in [-0.39, 0.29) is 16.5 Å². The molecule has 1 aliphatic heterocycles. The lowest BCUT2D eigenvalue weighted by molar-refractivity contribution is 0.583. The fourth-order valence-corrected chi connectivity index (χ4v) is 6.25. The Hall–Kier alpha value is 0.420. The van der Waals surface area contributed by atoms with Crippen molar-refractivity contribution < 1.29 is 8.42 Å². The van der Waals surface area contributed by atoms with Gasteiger partial charge in [-0.3, -0.25) is 0 Å². The van der Waals surface area contributed by atoms with E-state index in [1.165, 1.54) is 0 Å². The molecule has 0 amide bonds. The van der Waals surface area contributed by atoms with Crippen molar-refractivity contribution in [2.24, 2.45) is 5.92 Å². The van der Waals surface area contributed by atoms with Crippen molar-refractivity contribution in [2.45, 2.75) is 11.2 Å². The fourth-order valence-electron chi connectivity index (χ4n) is 1.77. The van der Waals surface area contributed by atoms with Crippen molar-refractivity contribution in [1.29, 1.82) is 0 Å². The van der Waals surface area contributed by atoms with Gasteiger partial charge >= 0.3 is 0 Å².